The number of nitrogens with zero attached hydrogens (tertiary/aromatic N) is 2. The van der Waals surface area contributed by atoms with E-state index in [2.05, 4.69) is 76.6 Å². The van der Waals surface area contributed by atoms with Gasteiger partial charge in [-0.25, -0.2) is 0 Å². The molecular weight excluding hydrogens is 316 g/mol. The first-order valence-electron chi connectivity index (χ1n) is 9.65. The molecule has 3 aromatic rings. The van der Waals surface area contributed by atoms with Crippen LogP contribution >= 0.6 is 0 Å². The zero-order chi connectivity index (χ0) is 17.6. The molecule has 0 spiro atoms. The fraction of sp³-hybridized carbons (Fsp3) is 0.292. The van der Waals surface area contributed by atoms with Crippen molar-refractivity contribution < 1.29 is 0 Å². The number of hydrogen-bond donors (Lipinski definition) is 0. The molecule has 0 bridgehead atoms. The van der Waals surface area contributed by atoms with E-state index in [1.807, 2.05) is 12.4 Å². The average Bonchev–Trinajstić information content (AvgIpc) is 2.74. The molecule has 1 fully saturated rings. The number of likely N-dealkylation sites (tertiary alicyclic amines) is 1. The van der Waals surface area contributed by atoms with Crippen LogP contribution in [0.25, 0.3) is 11.1 Å². The minimum absolute atomic E-state index is 0.732. The van der Waals surface area contributed by atoms with Crippen LogP contribution in [-0.4, -0.2) is 29.5 Å². The summed E-state index contributed by atoms with van der Waals surface area (Å²) in [6.45, 7) is 3.53. The molecule has 2 aromatic carbocycles. The Morgan fingerprint density at radius 3 is 2.23 bits per heavy atom. The van der Waals surface area contributed by atoms with Crippen molar-refractivity contribution in [1.82, 2.24) is 9.88 Å². The van der Waals surface area contributed by atoms with Crippen molar-refractivity contribution in [2.45, 2.75) is 25.2 Å². The Morgan fingerprint density at radius 1 is 0.808 bits per heavy atom. The van der Waals surface area contributed by atoms with Crippen molar-refractivity contribution >= 4 is 0 Å². The molecule has 1 aromatic heterocycles. The number of pyridine rings is 1. The average molecular weight is 342 g/mol. The quantitative estimate of drug-likeness (QED) is 0.636. The van der Waals surface area contributed by atoms with Gasteiger partial charge in [0.1, 0.15) is 0 Å². The van der Waals surface area contributed by atoms with Crippen LogP contribution in [0.2, 0.25) is 0 Å². The Morgan fingerprint density at radius 2 is 1.50 bits per heavy atom. The molecule has 0 N–H and O–H groups in total. The van der Waals surface area contributed by atoms with E-state index in [0.717, 1.165) is 18.9 Å². The lowest BCUT2D eigenvalue weighted by atomic mass is 9.89. The van der Waals surface area contributed by atoms with Crippen molar-refractivity contribution in [2.75, 3.05) is 19.6 Å². The van der Waals surface area contributed by atoms with Crippen molar-refractivity contribution in [3.8, 4) is 11.1 Å². The Bertz CT molecular complexity index is 806. The molecule has 132 valence electrons. The summed E-state index contributed by atoms with van der Waals surface area (Å²) in [5, 5.41) is 0. The second kappa shape index (κ2) is 8.29. The first kappa shape index (κ1) is 17.0. The van der Waals surface area contributed by atoms with Crippen LogP contribution in [-0.2, 0) is 6.42 Å². The summed E-state index contributed by atoms with van der Waals surface area (Å²) in [7, 11) is 0. The van der Waals surface area contributed by atoms with Crippen LogP contribution in [0.1, 0.15) is 29.9 Å². The lowest BCUT2D eigenvalue weighted by Gasteiger charge is -2.32. The van der Waals surface area contributed by atoms with Gasteiger partial charge in [-0.05, 0) is 61.0 Å². The molecule has 4 rings (SSSR count). The van der Waals surface area contributed by atoms with Crippen LogP contribution < -0.4 is 0 Å². The molecule has 1 aliphatic rings. The van der Waals surface area contributed by atoms with Gasteiger partial charge in [-0.3, -0.25) is 4.98 Å². The van der Waals surface area contributed by atoms with E-state index < -0.39 is 0 Å². The third-order valence-electron chi connectivity index (χ3n) is 5.48. The zero-order valence-electron chi connectivity index (χ0n) is 15.2. The van der Waals surface area contributed by atoms with Gasteiger partial charge in [-0.2, -0.15) is 0 Å². The molecule has 2 heteroatoms. The summed E-state index contributed by atoms with van der Waals surface area (Å²) in [5.41, 5.74) is 5.29. The molecule has 1 saturated heterocycles. The molecule has 0 aliphatic carbocycles. The van der Waals surface area contributed by atoms with Gasteiger partial charge >= 0.3 is 0 Å². The van der Waals surface area contributed by atoms with Crippen LogP contribution in [0.3, 0.4) is 0 Å². The summed E-state index contributed by atoms with van der Waals surface area (Å²) < 4.78 is 0. The van der Waals surface area contributed by atoms with Crippen LogP contribution in [0, 0.1) is 0 Å². The van der Waals surface area contributed by atoms with Gasteiger partial charge in [0, 0.05) is 24.5 Å². The summed E-state index contributed by atoms with van der Waals surface area (Å²) in [6.07, 6.45) is 7.59. The summed E-state index contributed by atoms with van der Waals surface area (Å²) in [4.78, 5) is 7.06. The monoisotopic (exact) mass is 342 g/mol. The second-order valence-electron chi connectivity index (χ2n) is 7.22. The lowest BCUT2D eigenvalue weighted by molar-refractivity contribution is 0.214. The molecule has 0 atom stereocenters. The third kappa shape index (κ3) is 4.20. The van der Waals surface area contributed by atoms with Gasteiger partial charge in [0.2, 0.25) is 0 Å². The second-order valence-corrected chi connectivity index (χ2v) is 7.22. The highest BCUT2D eigenvalue weighted by Gasteiger charge is 2.20. The molecular formula is C24H26N2. The predicted octanol–water partition coefficient (Wildman–Crippen LogP) is 5.17. The molecule has 2 nitrogen and oxygen atoms in total. The highest BCUT2D eigenvalue weighted by Crippen LogP contribution is 2.28. The van der Waals surface area contributed by atoms with Crippen LogP contribution in [0.4, 0.5) is 0 Å². The van der Waals surface area contributed by atoms with Crippen molar-refractivity contribution in [3.63, 3.8) is 0 Å². The van der Waals surface area contributed by atoms with Gasteiger partial charge in [-0.15, -0.1) is 0 Å². The topological polar surface area (TPSA) is 16.1 Å². The fourth-order valence-electron chi connectivity index (χ4n) is 3.92. The van der Waals surface area contributed by atoms with E-state index >= 15 is 0 Å². The lowest BCUT2D eigenvalue weighted by Crippen LogP contribution is -2.34. The van der Waals surface area contributed by atoms with Gasteiger partial charge in [0.15, 0.2) is 0 Å². The molecule has 2 heterocycles. The largest absolute Gasteiger partial charge is 0.303 e. The first-order valence-corrected chi connectivity index (χ1v) is 9.65. The zero-order valence-corrected chi connectivity index (χ0v) is 15.2. The maximum absolute atomic E-state index is 4.46. The van der Waals surface area contributed by atoms with Crippen LogP contribution in [0.5, 0.6) is 0 Å². The van der Waals surface area contributed by atoms with Crippen molar-refractivity contribution in [3.05, 3.63) is 90.3 Å². The van der Waals surface area contributed by atoms with E-state index in [0.29, 0.717) is 0 Å². The summed E-state index contributed by atoms with van der Waals surface area (Å²) in [5.74, 6) is 0.732. The smallest absolute Gasteiger partial charge is 0.0346 e. The van der Waals surface area contributed by atoms with Gasteiger partial charge < -0.3 is 4.90 Å². The maximum Gasteiger partial charge on any atom is 0.0346 e. The Hall–Kier alpha value is -2.45. The number of piperidine rings is 1. The molecule has 0 radical (unpaired) electrons. The molecule has 26 heavy (non-hydrogen) atoms. The van der Waals surface area contributed by atoms with E-state index in [1.54, 1.807) is 0 Å². The molecule has 1 aliphatic heterocycles. The number of aromatic nitrogens is 1. The third-order valence-corrected chi connectivity index (χ3v) is 5.48. The highest BCUT2D eigenvalue weighted by molar-refractivity contribution is 5.62. The van der Waals surface area contributed by atoms with Gasteiger partial charge in [0.05, 0.1) is 0 Å². The van der Waals surface area contributed by atoms with Crippen molar-refractivity contribution in [2.24, 2.45) is 0 Å². The molecule has 0 amide bonds. The number of hydrogen-bond acceptors (Lipinski definition) is 2. The number of rotatable bonds is 5. The fourth-order valence-corrected chi connectivity index (χ4v) is 3.92. The summed E-state index contributed by atoms with van der Waals surface area (Å²) >= 11 is 0. The highest BCUT2D eigenvalue weighted by atomic mass is 15.1. The van der Waals surface area contributed by atoms with Gasteiger partial charge in [-0.1, -0.05) is 60.7 Å². The number of benzene rings is 2. The minimum Gasteiger partial charge on any atom is -0.303 e. The van der Waals surface area contributed by atoms with E-state index in [1.165, 1.54) is 48.2 Å². The van der Waals surface area contributed by atoms with Crippen molar-refractivity contribution in [1.29, 1.82) is 0 Å². The Labute approximate surface area is 156 Å². The molecule has 0 saturated carbocycles. The summed E-state index contributed by atoms with van der Waals surface area (Å²) in [6, 6.07) is 23.8. The van der Waals surface area contributed by atoms with E-state index in [-0.39, 0.29) is 0 Å². The van der Waals surface area contributed by atoms with E-state index in [4.69, 9.17) is 0 Å². The maximum atomic E-state index is 4.46. The normalized spacial score (nSPS) is 15.8. The first-order chi connectivity index (χ1) is 12.9. The van der Waals surface area contributed by atoms with E-state index in [9.17, 15) is 0 Å². The Kier molecular flexibility index (Phi) is 5.41. The van der Waals surface area contributed by atoms with Gasteiger partial charge in [0.25, 0.3) is 0 Å². The molecule has 0 unspecified atom stereocenters. The minimum atomic E-state index is 0.732. The Balaban J connectivity index is 1.31. The standard InChI is InChI=1S/C24H26N2/c1-3-7-21(8-4-1)23-12-15-26(16-13-23)14-11-20-17-24(19-25-18-20)22-9-5-2-6-10-22/h1-10,17-19,23H,11-16H2. The predicted molar refractivity (Wildman–Crippen MR) is 108 cm³/mol. The SMILES string of the molecule is c1ccc(-c2cncc(CCN3CCC(c4ccccc4)CC3)c2)cc1. The van der Waals surface area contributed by atoms with Crippen LogP contribution in [0.15, 0.2) is 79.1 Å².